The van der Waals surface area contributed by atoms with Crippen LogP contribution in [0.2, 0.25) is 0 Å². The molecule has 2 aliphatic rings. The Labute approximate surface area is 176 Å². The topological polar surface area (TPSA) is 102 Å². The first-order valence-electron chi connectivity index (χ1n) is 9.95. The lowest BCUT2D eigenvalue weighted by Gasteiger charge is -2.37. The van der Waals surface area contributed by atoms with Crippen molar-refractivity contribution in [2.75, 3.05) is 39.4 Å². The van der Waals surface area contributed by atoms with Gasteiger partial charge >= 0.3 is 0 Å². The Kier molecular flexibility index (Phi) is 5.94. The average molecular weight is 432 g/mol. The maximum absolute atomic E-state index is 13.2. The number of carbonyl (C=O) groups is 1. The molecule has 0 unspecified atom stereocenters. The first-order chi connectivity index (χ1) is 14.5. The molecular formula is C21H25N3O5S. The quantitative estimate of drug-likeness (QED) is 0.767. The van der Waals surface area contributed by atoms with Crippen LogP contribution in [0.25, 0.3) is 0 Å². The molecule has 1 amide bonds. The van der Waals surface area contributed by atoms with Gasteiger partial charge < -0.3 is 15.2 Å². The third-order valence-electron chi connectivity index (χ3n) is 5.38. The fourth-order valence-corrected chi connectivity index (χ4v) is 5.28. The number of nitrogens with zero attached hydrogens (tertiary/aromatic N) is 2. The van der Waals surface area contributed by atoms with Gasteiger partial charge in [-0.15, -0.1) is 0 Å². The number of piperazine rings is 1. The van der Waals surface area contributed by atoms with Gasteiger partial charge in [-0.05, 0) is 17.7 Å². The molecule has 0 radical (unpaired) electrons. The summed E-state index contributed by atoms with van der Waals surface area (Å²) in [5.41, 5.74) is 6.46. The standard InChI is InChI=1S/C21H25N3O5S/c22-21(25)20(16-5-2-1-3-6-16)23-9-11-24(12-10-23)30(26,27)17-7-8-18-19(15-17)29-14-4-13-28-18/h1-3,5-8,15,20H,4,9-14H2,(H2,22,25)/t20-/m0/s1. The van der Waals surface area contributed by atoms with Crippen LogP contribution in [-0.2, 0) is 14.8 Å². The Morgan fingerprint density at radius 3 is 2.27 bits per heavy atom. The van der Waals surface area contributed by atoms with Gasteiger partial charge in [-0.25, -0.2) is 8.42 Å². The van der Waals surface area contributed by atoms with Crippen LogP contribution >= 0.6 is 0 Å². The highest BCUT2D eigenvalue weighted by molar-refractivity contribution is 7.89. The van der Waals surface area contributed by atoms with Crippen LogP contribution in [0.3, 0.4) is 0 Å². The van der Waals surface area contributed by atoms with Crippen molar-refractivity contribution in [1.29, 1.82) is 0 Å². The second-order valence-corrected chi connectivity index (χ2v) is 9.25. The molecule has 2 aromatic rings. The number of fused-ring (bicyclic) bond motifs is 1. The predicted octanol–water partition coefficient (Wildman–Crippen LogP) is 1.38. The minimum absolute atomic E-state index is 0.176. The van der Waals surface area contributed by atoms with Crippen LogP contribution in [0.15, 0.2) is 53.4 Å². The number of primary amides is 1. The molecule has 0 saturated carbocycles. The van der Waals surface area contributed by atoms with Crippen LogP contribution < -0.4 is 15.2 Å². The number of nitrogens with two attached hydrogens (primary N) is 1. The molecule has 1 saturated heterocycles. The number of hydrogen-bond acceptors (Lipinski definition) is 6. The molecule has 8 nitrogen and oxygen atoms in total. The largest absolute Gasteiger partial charge is 0.490 e. The fourth-order valence-electron chi connectivity index (χ4n) is 3.85. The average Bonchev–Trinajstić information content (AvgIpc) is 3.00. The highest BCUT2D eigenvalue weighted by Gasteiger charge is 2.34. The molecule has 0 spiro atoms. The van der Waals surface area contributed by atoms with Gasteiger partial charge in [-0.1, -0.05) is 30.3 Å². The van der Waals surface area contributed by atoms with Gasteiger partial charge in [0.05, 0.1) is 18.1 Å². The van der Waals surface area contributed by atoms with E-state index in [4.69, 9.17) is 15.2 Å². The lowest BCUT2D eigenvalue weighted by atomic mass is 10.0. The van der Waals surface area contributed by atoms with Crippen LogP contribution in [-0.4, -0.2) is 62.9 Å². The molecule has 1 fully saturated rings. The number of benzene rings is 2. The van der Waals surface area contributed by atoms with E-state index in [0.29, 0.717) is 37.8 Å². The Morgan fingerprint density at radius 1 is 0.933 bits per heavy atom. The number of ether oxygens (including phenoxy) is 2. The van der Waals surface area contributed by atoms with Crippen LogP contribution in [0, 0.1) is 0 Å². The molecule has 160 valence electrons. The van der Waals surface area contributed by atoms with Gasteiger partial charge in [0, 0.05) is 38.7 Å². The summed E-state index contributed by atoms with van der Waals surface area (Å²) >= 11 is 0. The second-order valence-electron chi connectivity index (χ2n) is 7.31. The zero-order valence-electron chi connectivity index (χ0n) is 16.6. The maximum Gasteiger partial charge on any atom is 0.243 e. The van der Waals surface area contributed by atoms with Gasteiger partial charge in [0.25, 0.3) is 0 Å². The summed E-state index contributed by atoms with van der Waals surface area (Å²) < 4.78 is 39.0. The van der Waals surface area contributed by atoms with E-state index in [1.54, 1.807) is 12.1 Å². The minimum Gasteiger partial charge on any atom is -0.490 e. The molecule has 0 aromatic heterocycles. The SMILES string of the molecule is NC(=O)[C@H](c1ccccc1)N1CCN(S(=O)(=O)c2ccc3c(c2)OCCCO3)CC1. The minimum atomic E-state index is -3.69. The van der Waals surface area contributed by atoms with E-state index in [-0.39, 0.29) is 18.0 Å². The van der Waals surface area contributed by atoms with Crippen LogP contribution in [0.1, 0.15) is 18.0 Å². The fraction of sp³-hybridized carbons (Fsp3) is 0.381. The molecule has 0 aliphatic carbocycles. The van der Waals surface area contributed by atoms with Gasteiger partial charge in [0.2, 0.25) is 15.9 Å². The summed E-state index contributed by atoms with van der Waals surface area (Å²) in [5.74, 6) is 0.564. The first kappa shape index (κ1) is 20.6. The Balaban J connectivity index is 1.49. The van der Waals surface area contributed by atoms with Crippen molar-refractivity contribution in [1.82, 2.24) is 9.21 Å². The van der Waals surface area contributed by atoms with Gasteiger partial charge in [-0.2, -0.15) is 4.31 Å². The molecule has 4 rings (SSSR count). The number of sulfonamides is 1. The summed E-state index contributed by atoms with van der Waals surface area (Å²) in [6, 6.07) is 13.4. The third kappa shape index (κ3) is 4.14. The number of carbonyl (C=O) groups excluding carboxylic acids is 1. The van der Waals surface area contributed by atoms with Crippen molar-refractivity contribution in [3.05, 3.63) is 54.1 Å². The lowest BCUT2D eigenvalue weighted by Crippen LogP contribution is -2.51. The van der Waals surface area contributed by atoms with Crippen molar-refractivity contribution in [2.45, 2.75) is 17.4 Å². The predicted molar refractivity (Wildman–Crippen MR) is 111 cm³/mol. The van der Waals surface area contributed by atoms with Crippen molar-refractivity contribution in [3.63, 3.8) is 0 Å². The molecule has 2 heterocycles. The summed E-state index contributed by atoms with van der Waals surface area (Å²) in [5, 5.41) is 0. The molecule has 30 heavy (non-hydrogen) atoms. The van der Waals surface area contributed by atoms with E-state index in [2.05, 4.69) is 0 Å². The van der Waals surface area contributed by atoms with Crippen molar-refractivity contribution < 1.29 is 22.7 Å². The van der Waals surface area contributed by atoms with Crippen LogP contribution in [0.5, 0.6) is 11.5 Å². The van der Waals surface area contributed by atoms with E-state index < -0.39 is 22.0 Å². The van der Waals surface area contributed by atoms with Gasteiger partial charge in [0.1, 0.15) is 6.04 Å². The molecule has 9 heteroatoms. The van der Waals surface area contributed by atoms with E-state index >= 15 is 0 Å². The normalized spacial score (nSPS) is 19.1. The second kappa shape index (κ2) is 8.63. The Hall–Kier alpha value is -2.62. The molecule has 2 aromatic carbocycles. The van der Waals surface area contributed by atoms with E-state index in [1.807, 2.05) is 35.2 Å². The summed E-state index contributed by atoms with van der Waals surface area (Å²) in [7, 11) is -3.69. The van der Waals surface area contributed by atoms with Gasteiger partial charge in [0.15, 0.2) is 11.5 Å². The monoisotopic (exact) mass is 431 g/mol. The number of amides is 1. The highest BCUT2D eigenvalue weighted by atomic mass is 32.2. The first-order valence-corrected chi connectivity index (χ1v) is 11.4. The maximum atomic E-state index is 13.2. The number of hydrogen-bond donors (Lipinski definition) is 1. The molecule has 0 bridgehead atoms. The smallest absolute Gasteiger partial charge is 0.243 e. The van der Waals surface area contributed by atoms with E-state index in [9.17, 15) is 13.2 Å². The van der Waals surface area contributed by atoms with E-state index in [1.165, 1.54) is 10.4 Å². The van der Waals surface area contributed by atoms with Crippen molar-refractivity contribution in [3.8, 4) is 11.5 Å². The Bertz CT molecular complexity index is 1000. The van der Waals surface area contributed by atoms with Crippen LogP contribution in [0.4, 0.5) is 0 Å². The zero-order chi connectivity index (χ0) is 21.1. The molecule has 2 aliphatic heterocycles. The van der Waals surface area contributed by atoms with Gasteiger partial charge in [-0.3, -0.25) is 9.69 Å². The molecule has 1 atom stereocenters. The Morgan fingerprint density at radius 2 is 1.60 bits per heavy atom. The summed E-state index contributed by atoms with van der Waals surface area (Å²) in [6.07, 6.45) is 0.751. The molecule has 2 N–H and O–H groups in total. The van der Waals surface area contributed by atoms with Crippen molar-refractivity contribution in [2.24, 2.45) is 5.73 Å². The zero-order valence-corrected chi connectivity index (χ0v) is 17.4. The molecular weight excluding hydrogens is 406 g/mol. The third-order valence-corrected chi connectivity index (χ3v) is 7.27. The highest BCUT2D eigenvalue weighted by Crippen LogP contribution is 2.33. The number of rotatable bonds is 5. The van der Waals surface area contributed by atoms with E-state index in [0.717, 1.165) is 12.0 Å². The van der Waals surface area contributed by atoms with Crippen molar-refractivity contribution >= 4 is 15.9 Å². The summed E-state index contributed by atoms with van der Waals surface area (Å²) in [6.45, 7) is 2.39. The summed E-state index contributed by atoms with van der Waals surface area (Å²) in [4.78, 5) is 14.2. The lowest BCUT2D eigenvalue weighted by molar-refractivity contribution is -0.124.